The lowest BCUT2D eigenvalue weighted by atomic mass is 10.1. The van der Waals surface area contributed by atoms with Crippen LogP contribution in [-0.4, -0.2) is 31.3 Å². The molecule has 5 nitrogen and oxygen atoms in total. The lowest BCUT2D eigenvalue weighted by molar-refractivity contribution is 0.180. The summed E-state index contributed by atoms with van der Waals surface area (Å²) in [6.07, 6.45) is -0.632. The fraction of sp³-hybridized carbons (Fsp3) is 0.389. The molecule has 1 aromatic carbocycles. The zero-order valence-corrected chi connectivity index (χ0v) is 15.2. The summed E-state index contributed by atoms with van der Waals surface area (Å²) in [5.41, 5.74) is 2.07. The van der Waals surface area contributed by atoms with Gasteiger partial charge in [0.2, 0.25) is 0 Å². The molecular formula is C18H25N3O2S. The Labute approximate surface area is 147 Å². The van der Waals surface area contributed by atoms with Gasteiger partial charge in [0.15, 0.2) is 5.96 Å². The highest BCUT2D eigenvalue weighted by atomic mass is 32.1. The predicted octanol–water partition coefficient (Wildman–Crippen LogP) is 2.85. The summed E-state index contributed by atoms with van der Waals surface area (Å²) in [5, 5.41) is 18.8. The van der Waals surface area contributed by atoms with Crippen molar-refractivity contribution in [1.82, 2.24) is 10.6 Å². The number of benzene rings is 1. The molecule has 1 heterocycles. The number of aryl methyl sites for hydroxylation is 1. The van der Waals surface area contributed by atoms with E-state index in [1.165, 1.54) is 10.4 Å². The summed E-state index contributed by atoms with van der Waals surface area (Å²) in [7, 11) is 1.62. The second-order valence-electron chi connectivity index (χ2n) is 5.40. The quantitative estimate of drug-likeness (QED) is 0.532. The summed E-state index contributed by atoms with van der Waals surface area (Å²) in [4.78, 5) is 5.84. The minimum atomic E-state index is -0.632. The largest absolute Gasteiger partial charge is 0.497 e. The summed E-state index contributed by atoms with van der Waals surface area (Å²) < 4.78 is 5.19. The summed E-state index contributed by atoms with van der Waals surface area (Å²) in [5.74, 6) is 1.44. The molecule has 0 amide bonds. The van der Waals surface area contributed by atoms with E-state index in [4.69, 9.17) is 4.74 Å². The molecule has 0 fully saturated rings. The number of hydrogen-bond acceptors (Lipinski definition) is 4. The maximum absolute atomic E-state index is 10.4. The minimum Gasteiger partial charge on any atom is -0.497 e. The molecule has 0 saturated carbocycles. The zero-order chi connectivity index (χ0) is 17.4. The van der Waals surface area contributed by atoms with Crippen LogP contribution in [0.2, 0.25) is 0 Å². The van der Waals surface area contributed by atoms with Crippen molar-refractivity contribution in [1.29, 1.82) is 0 Å². The third-order valence-corrected chi connectivity index (χ3v) is 4.64. The van der Waals surface area contributed by atoms with E-state index in [2.05, 4.69) is 34.0 Å². The third-order valence-electron chi connectivity index (χ3n) is 3.63. The van der Waals surface area contributed by atoms with Crippen LogP contribution in [0.3, 0.4) is 0 Å². The Kier molecular flexibility index (Phi) is 7.08. The molecule has 2 aromatic rings. The van der Waals surface area contributed by atoms with E-state index >= 15 is 0 Å². The van der Waals surface area contributed by atoms with Crippen LogP contribution in [0, 0.1) is 6.92 Å². The van der Waals surface area contributed by atoms with E-state index in [1.54, 1.807) is 18.4 Å². The maximum atomic E-state index is 10.4. The molecule has 0 spiro atoms. The van der Waals surface area contributed by atoms with Crippen molar-refractivity contribution in [3.63, 3.8) is 0 Å². The van der Waals surface area contributed by atoms with E-state index in [-0.39, 0.29) is 0 Å². The van der Waals surface area contributed by atoms with Gasteiger partial charge in [-0.25, -0.2) is 4.99 Å². The Hall–Kier alpha value is -2.05. The van der Waals surface area contributed by atoms with Crippen molar-refractivity contribution in [2.75, 3.05) is 20.2 Å². The molecule has 0 aliphatic heterocycles. The van der Waals surface area contributed by atoms with Gasteiger partial charge in [0.05, 0.1) is 19.8 Å². The number of thiophene rings is 1. The molecule has 0 aliphatic carbocycles. The molecule has 2 rings (SSSR count). The van der Waals surface area contributed by atoms with E-state index in [1.807, 2.05) is 31.2 Å². The molecular weight excluding hydrogens is 322 g/mol. The van der Waals surface area contributed by atoms with Crippen LogP contribution in [0.15, 0.2) is 40.7 Å². The van der Waals surface area contributed by atoms with Crippen LogP contribution in [-0.2, 0) is 6.54 Å². The average Bonchev–Trinajstić information content (AvgIpc) is 3.02. The topological polar surface area (TPSA) is 65.9 Å². The Morgan fingerprint density at radius 2 is 2.17 bits per heavy atom. The van der Waals surface area contributed by atoms with Gasteiger partial charge in [0.25, 0.3) is 0 Å². The highest BCUT2D eigenvalue weighted by Crippen LogP contribution is 2.19. The Morgan fingerprint density at radius 3 is 2.83 bits per heavy atom. The van der Waals surface area contributed by atoms with Crippen molar-refractivity contribution in [2.24, 2.45) is 4.99 Å². The number of aliphatic hydroxyl groups is 1. The molecule has 6 heteroatoms. The first-order valence-electron chi connectivity index (χ1n) is 8.01. The van der Waals surface area contributed by atoms with Gasteiger partial charge in [-0.05, 0) is 48.6 Å². The van der Waals surface area contributed by atoms with E-state index in [9.17, 15) is 5.11 Å². The lowest BCUT2D eigenvalue weighted by Crippen LogP contribution is -2.39. The Bertz CT molecular complexity index is 670. The minimum absolute atomic E-state index is 0.377. The number of rotatable bonds is 7. The van der Waals surface area contributed by atoms with Gasteiger partial charge in [-0.1, -0.05) is 12.1 Å². The van der Waals surface area contributed by atoms with Gasteiger partial charge in [-0.3, -0.25) is 0 Å². The van der Waals surface area contributed by atoms with Gasteiger partial charge >= 0.3 is 0 Å². The molecule has 0 bridgehead atoms. The van der Waals surface area contributed by atoms with E-state index in [0.29, 0.717) is 19.0 Å². The number of nitrogens with zero attached hydrogens (tertiary/aromatic N) is 1. The van der Waals surface area contributed by atoms with Crippen LogP contribution in [0.1, 0.15) is 29.0 Å². The van der Waals surface area contributed by atoms with Crippen LogP contribution in [0.25, 0.3) is 0 Å². The van der Waals surface area contributed by atoms with E-state index < -0.39 is 6.10 Å². The average molecular weight is 347 g/mol. The molecule has 1 aromatic heterocycles. The number of aliphatic imine (C=N–C) groups is 1. The van der Waals surface area contributed by atoms with Crippen molar-refractivity contribution in [2.45, 2.75) is 26.5 Å². The van der Waals surface area contributed by atoms with Crippen LogP contribution in [0.5, 0.6) is 5.75 Å². The maximum Gasteiger partial charge on any atom is 0.191 e. The van der Waals surface area contributed by atoms with Crippen molar-refractivity contribution in [3.05, 3.63) is 51.7 Å². The van der Waals surface area contributed by atoms with Crippen LogP contribution < -0.4 is 15.4 Å². The van der Waals surface area contributed by atoms with Crippen LogP contribution >= 0.6 is 11.3 Å². The fourth-order valence-corrected chi connectivity index (χ4v) is 3.05. The molecule has 24 heavy (non-hydrogen) atoms. The Morgan fingerprint density at radius 1 is 1.33 bits per heavy atom. The Balaban J connectivity index is 1.96. The molecule has 1 atom stereocenters. The SMILES string of the molecule is CCNC(=NCc1sccc1C)NCC(O)c1cccc(OC)c1. The fourth-order valence-electron chi connectivity index (χ4n) is 2.22. The highest BCUT2D eigenvalue weighted by Gasteiger charge is 2.09. The van der Waals surface area contributed by atoms with Gasteiger partial charge in [0.1, 0.15) is 5.75 Å². The number of methoxy groups -OCH3 is 1. The number of aliphatic hydroxyl groups excluding tert-OH is 1. The van der Waals surface area contributed by atoms with Gasteiger partial charge in [-0.15, -0.1) is 11.3 Å². The molecule has 3 N–H and O–H groups in total. The van der Waals surface area contributed by atoms with Crippen molar-refractivity contribution >= 4 is 17.3 Å². The highest BCUT2D eigenvalue weighted by molar-refractivity contribution is 7.10. The molecule has 1 unspecified atom stereocenters. The summed E-state index contributed by atoms with van der Waals surface area (Å²) in [6.45, 7) is 5.89. The van der Waals surface area contributed by atoms with Crippen molar-refractivity contribution in [3.8, 4) is 5.75 Å². The first kappa shape index (κ1) is 18.3. The van der Waals surface area contributed by atoms with Gasteiger partial charge < -0.3 is 20.5 Å². The smallest absolute Gasteiger partial charge is 0.191 e. The zero-order valence-electron chi connectivity index (χ0n) is 14.4. The number of ether oxygens (including phenoxy) is 1. The third kappa shape index (κ3) is 5.25. The number of guanidine groups is 1. The van der Waals surface area contributed by atoms with Gasteiger partial charge in [0, 0.05) is 18.0 Å². The first-order valence-corrected chi connectivity index (χ1v) is 8.89. The number of nitrogens with one attached hydrogen (secondary N) is 2. The van der Waals surface area contributed by atoms with Gasteiger partial charge in [-0.2, -0.15) is 0 Å². The van der Waals surface area contributed by atoms with Crippen LogP contribution in [0.4, 0.5) is 0 Å². The summed E-state index contributed by atoms with van der Waals surface area (Å²) >= 11 is 1.71. The predicted molar refractivity (Wildman–Crippen MR) is 99.8 cm³/mol. The molecule has 0 radical (unpaired) electrons. The molecule has 0 aliphatic rings. The molecule has 130 valence electrons. The van der Waals surface area contributed by atoms with E-state index in [0.717, 1.165) is 17.9 Å². The first-order chi connectivity index (χ1) is 11.6. The lowest BCUT2D eigenvalue weighted by Gasteiger charge is -2.16. The monoisotopic (exact) mass is 347 g/mol. The van der Waals surface area contributed by atoms with Crippen molar-refractivity contribution < 1.29 is 9.84 Å². The second-order valence-corrected chi connectivity index (χ2v) is 6.40. The number of hydrogen-bond donors (Lipinski definition) is 3. The normalized spacial score (nSPS) is 12.8. The summed E-state index contributed by atoms with van der Waals surface area (Å²) in [6, 6.07) is 9.55. The standard InChI is InChI=1S/C18H25N3O2S/c1-4-19-18(21-12-17-13(2)8-9-24-17)20-11-16(22)14-6-5-7-15(10-14)23-3/h5-10,16,22H,4,11-12H2,1-3H3,(H2,19,20,21). The molecule has 0 saturated heterocycles. The second kappa shape index (κ2) is 9.30.